The van der Waals surface area contributed by atoms with Gasteiger partial charge in [0.1, 0.15) is 17.3 Å². The smallest absolute Gasteiger partial charge is 0.242 e. The highest BCUT2D eigenvalue weighted by molar-refractivity contribution is 7.22. The Labute approximate surface area is 325 Å². The lowest BCUT2D eigenvalue weighted by atomic mass is 9.51. The molecule has 9 nitrogen and oxygen atoms in total. The van der Waals surface area contributed by atoms with Gasteiger partial charge in [0.05, 0.1) is 33.7 Å². The first-order valence-corrected chi connectivity index (χ1v) is 19.6. The van der Waals surface area contributed by atoms with Gasteiger partial charge >= 0.3 is 0 Å². The Balaban J connectivity index is 1.12. The van der Waals surface area contributed by atoms with E-state index in [4.69, 9.17) is 16.7 Å². The molecule has 6 aromatic rings. The second kappa shape index (κ2) is 12.0. The quantitative estimate of drug-likeness (QED) is 0.142. The number of nitrogens with zero attached hydrogens (tertiary/aromatic N) is 4. The largest absolute Gasteiger partial charge is 0.507 e. The summed E-state index contributed by atoms with van der Waals surface area (Å²) in [6.07, 6.45) is 2.52. The van der Waals surface area contributed by atoms with Gasteiger partial charge in [0.15, 0.2) is 0 Å². The van der Waals surface area contributed by atoms with Crippen LogP contribution in [0.5, 0.6) is 5.75 Å². The van der Waals surface area contributed by atoms with Crippen LogP contribution in [0.25, 0.3) is 31.4 Å². The number of para-hydroxylation sites is 1. The first kappa shape index (κ1) is 33.9. The summed E-state index contributed by atoms with van der Waals surface area (Å²) >= 11 is 7.90. The second-order valence-corrected chi connectivity index (χ2v) is 16.9. The zero-order chi connectivity index (χ0) is 38.1. The van der Waals surface area contributed by atoms with E-state index in [0.29, 0.717) is 39.6 Å². The number of anilines is 2. The van der Waals surface area contributed by atoms with Crippen LogP contribution in [-0.4, -0.2) is 38.5 Å². The molecule has 274 valence electrons. The predicted octanol–water partition coefficient (Wildman–Crippen LogP) is 8.56. The molecule has 1 saturated carbocycles. The third-order valence-electron chi connectivity index (χ3n) is 12.7. The highest BCUT2D eigenvalue weighted by Gasteiger charge is 2.68. The summed E-state index contributed by atoms with van der Waals surface area (Å²) in [5, 5.41) is 20.0. The number of phenols is 1. The van der Waals surface area contributed by atoms with Gasteiger partial charge in [0.2, 0.25) is 23.6 Å². The molecule has 2 aliphatic heterocycles. The lowest BCUT2D eigenvalue weighted by molar-refractivity contribution is -0.131. The van der Waals surface area contributed by atoms with Crippen LogP contribution in [0.1, 0.15) is 36.8 Å². The number of aromatic hydroxyl groups is 1. The van der Waals surface area contributed by atoms with Crippen molar-refractivity contribution < 1.29 is 24.3 Å². The van der Waals surface area contributed by atoms with Crippen molar-refractivity contribution in [2.75, 3.05) is 9.80 Å². The molecule has 3 fully saturated rings. The monoisotopic (exact) mass is 766 g/mol. The lowest BCUT2D eigenvalue weighted by Gasteiger charge is -2.49. The molecular formula is C44H35ClN4O5S. The third kappa shape index (κ3) is 4.61. The van der Waals surface area contributed by atoms with E-state index >= 15 is 4.79 Å². The average Bonchev–Trinajstić information content (AvgIpc) is 3.86. The SMILES string of the molecule is Cc1c(-c2cc(N3C(=O)C4CC5C(=CCC6C(=O)N(c7ccccc7)C(=O)C65)C(c5ccc6ccccc6c5O)C4(C)C3=O)n(C)n2)sc2ccc(Cl)cc12. The summed E-state index contributed by atoms with van der Waals surface area (Å²) in [4.78, 5) is 62.1. The summed E-state index contributed by atoms with van der Waals surface area (Å²) in [7, 11) is 1.73. The minimum Gasteiger partial charge on any atom is -0.507 e. The standard InChI is InChI=1S/C44H35ClN4O5S/c1-22-30-19-24(45)14-18-34(30)55-39(22)33-21-35(47(3)46-33)49-41(52)32-20-31-27(16-17-28-36(31)42(53)48(40(28)51)25-10-5-4-6-11-25)37(44(32,2)43(49)54)29-15-13-23-9-7-8-12-26(23)38(29)50/h4-16,18-19,21,28,31-32,36-37,50H,17,20H2,1-3H3. The molecule has 4 aromatic carbocycles. The minimum atomic E-state index is -1.33. The van der Waals surface area contributed by atoms with Gasteiger partial charge in [-0.1, -0.05) is 77.8 Å². The number of hydrogen-bond donors (Lipinski definition) is 1. The fourth-order valence-electron chi connectivity index (χ4n) is 10.1. The number of aryl methyl sites for hydroxylation is 2. The van der Waals surface area contributed by atoms with Gasteiger partial charge in [-0.2, -0.15) is 5.10 Å². The van der Waals surface area contributed by atoms with Crippen LogP contribution >= 0.6 is 22.9 Å². The average molecular weight is 767 g/mol. The molecule has 55 heavy (non-hydrogen) atoms. The maximum Gasteiger partial charge on any atom is 0.242 e. The van der Waals surface area contributed by atoms with Gasteiger partial charge in [-0.3, -0.25) is 28.8 Å². The molecule has 0 radical (unpaired) electrons. The minimum absolute atomic E-state index is 0.0355. The molecule has 4 heterocycles. The van der Waals surface area contributed by atoms with Crippen LogP contribution in [-0.2, 0) is 26.2 Å². The Bertz CT molecular complexity index is 2720. The van der Waals surface area contributed by atoms with E-state index in [9.17, 15) is 19.5 Å². The van der Waals surface area contributed by atoms with Crippen molar-refractivity contribution in [2.24, 2.45) is 36.1 Å². The maximum absolute atomic E-state index is 15.2. The lowest BCUT2D eigenvalue weighted by Crippen LogP contribution is -2.49. The molecule has 11 heteroatoms. The van der Waals surface area contributed by atoms with Gasteiger partial charge in [-0.25, -0.2) is 4.90 Å². The Hall–Kier alpha value is -5.58. The molecule has 2 saturated heterocycles. The first-order chi connectivity index (χ1) is 26.5. The molecule has 4 amide bonds. The maximum atomic E-state index is 15.2. The zero-order valence-corrected chi connectivity index (χ0v) is 31.8. The van der Waals surface area contributed by atoms with E-state index in [1.54, 1.807) is 53.4 Å². The molecule has 10 rings (SSSR count). The van der Waals surface area contributed by atoms with E-state index in [-0.39, 0.29) is 29.9 Å². The normalized spacial score (nSPS) is 26.2. The number of imide groups is 2. The molecule has 2 aliphatic carbocycles. The summed E-state index contributed by atoms with van der Waals surface area (Å²) in [6, 6.07) is 27.8. The van der Waals surface area contributed by atoms with E-state index in [0.717, 1.165) is 31.5 Å². The van der Waals surface area contributed by atoms with Crippen LogP contribution in [0.3, 0.4) is 0 Å². The van der Waals surface area contributed by atoms with E-state index in [1.807, 2.05) is 80.6 Å². The Morgan fingerprint density at radius 3 is 2.42 bits per heavy atom. The molecule has 0 bridgehead atoms. The van der Waals surface area contributed by atoms with Crippen LogP contribution in [0.15, 0.2) is 103 Å². The van der Waals surface area contributed by atoms with Crippen LogP contribution < -0.4 is 9.80 Å². The zero-order valence-electron chi connectivity index (χ0n) is 30.2. The topological polar surface area (TPSA) is 113 Å². The number of aromatic nitrogens is 2. The van der Waals surface area contributed by atoms with E-state index in [2.05, 4.69) is 0 Å². The molecule has 4 aliphatic rings. The summed E-state index contributed by atoms with van der Waals surface area (Å²) in [5.74, 6) is -4.38. The number of allylic oxidation sites excluding steroid dienone is 2. The number of phenolic OH excluding ortho intramolecular Hbond substituents is 1. The van der Waals surface area contributed by atoms with Crippen LogP contribution in [0.4, 0.5) is 11.5 Å². The number of halogens is 1. The summed E-state index contributed by atoms with van der Waals surface area (Å²) < 4.78 is 2.62. The fourth-order valence-corrected chi connectivity index (χ4v) is 11.4. The molecule has 6 unspecified atom stereocenters. The number of carbonyl (C=O) groups is 4. The van der Waals surface area contributed by atoms with Gasteiger partial charge < -0.3 is 5.11 Å². The molecule has 1 N–H and O–H groups in total. The Kier molecular flexibility index (Phi) is 7.38. The molecule has 0 spiro atoms. The number of benzene rings is 4. The Morgan fingerprint density at radius 1 is 0.855 bits per heavy atom. The van der Waals surface area contributed by atoms with Crippen molar-refractivity contribution >= 4 is 78.9 Å². The first-order valence-electron chi connectivity index (χ1n) is 18.4. The van der Waals surface area contributed by atoms with Gasteiger partial charge in [0.25, 0.3) is 0 Å². The number of rotatable bonds is 4. The number of thiophene rings is 1. The predicted molar refractivity (Wildman–Crippen MR) is 213 cm³/mol. The van der Waals surface area contributed by atoms with Crippen molar-refractivity contribution in [3.63, 3.8) is 0 Å². The van der Waals surface area contributed by atoms with Crippen LogP contribution in [0.2, 0.25) is 5.02 Å². The highest BCUT2D eigenvalue weighted by atomic mass is 35.5. The summed E-state index contributed by atoms with van der Waals surface area (Å²) in [5.41, 5.74) is 2.16. The summed E-state index contributed by atoms with van der Waals surface area (Å²) in [6.45, 7) is 3.84. The Morgan fingerprint density at radius 2 is 1.62 bits per heavy atom. The van der Waals surface area contributed by atoms with Crippen molar-refractivity contribution in [1.29, 1.82) is 0 Å². The highest BCUT2D eigenvalue weighted by Crippen LogP contribution is 2.65. The van der Waals surface area contributed by atoms with Crippen molar-refractivity contribution in [2.45, 2.75) is 32.6 Å². The van der Waals surface area contributed by atoms with E-state index < -0.39 is 40.9 Å². The van der Waals surface area contributed by atoms with E-state index in [1.165, 1.54) is 9.80 Å². The van der Waals surface area contributed by atoms with Crippen molar-refractivity contribution in [3.05, 3.63) is 119 Å². The fraction of sp³-hybridized carbons (Fsp3) is 0.250. The van der Waals surface area contributed by atoms with Crippen molar-refractivity contribution in [1.82, 2.24) is 9.78 Å². The van der Waals surface area contributed by atoms with Gasteiger partial charge in [-0.05, 0) is 79.3 Å². The van der Waals surface area contributed by atoms with Crippen molar-refractivity contribution in [3.8, 4) is 16.3 Å². The number of carbonyl (C=O) groups excluding carboxylic acids is 4. The molecule has 6 atom stereocenters. The molecule has 2 aromatic heterocycles. The van der Waals surface area contributed by atoms with Gasteiger partial charge in [-0.15, -0.1) is 11.3 Å². The second-order valence-electron chi connectivity index (χ2n) is 15.4. The third-order valence-corrected chi connectivity index (χ3v) is 14.3. The number of hydrogen-bond acceptors (Lipinski definition) is 7. The van der Waals surface area contributed by atoms with Crippen LogP contribution in [0, 0.1) is 36.0 Å². The van der Waals surface area contributed by atoms with Gasteiger partial charge in [0, 0.05) is 39.7 Å². The molecular weight excluding hydrogens is 732 g/mol. The number of amides is 4. The number of fused-ring (bicyclic) bond motifs is 6.